The van der Waals surface area contributed by atoms with Gasteiger partial charge in [0, 0.05) is 25.7 Å². The Bertz CT molecular complexity index is 568. The van der Waals surface area contributed by atoms with Crippen molar-refractivity contribution in [3.63, 3.8) is 0 Å². The molecule has 2 rings (SSSR count). The Morgan fingerprint density at radius 2 is 2.10 bits per heavy atom. The SMILES string of the molecule is CCOCCNS(=O)(=O)c1cc(CNC2CC2)ccc1C. The number of hydrogen-bond acceptors (Lipinski definition) is 4. The zero-order valence-electron chi connectivity index (χ0n) is 12.7. The van der Waals surface area contributed by atoms with Gasteiger partial charge in [0.2, 0.25) is 10.0 Å². The molecule has 0 heterocycles. The van der Waals surface area contributed by atoms with Gasteiger partial charge >= 0.3 is 0 Å². The average molecular weight is 312 g/mol. The van der Waals surface area contributed by atoms with Crippen LogP contribution in [0.25, 0.3) is 0 Å². The molecule has 1 aliphatic carbocycles. The Morgan fingerprint density at radius 3 is 2.76 bits per heavy atom. The van der Waals surface area contributed by atoms with Crippen molar-refractivity contribution in [1.82, 2.24) is 10.0 Å². The molecule has 0 amide bonds. The van der Waals surface area contributed by atoms with Crippen LogP contribution in [0.2, 0.25) is 0 Å². The number of ether oxygens (including phenoxy) is 1. The molecule has 1 aromatic carbocycles. The topological polar surface area (TPSA) is 67.4 Å². The summed E-state index contributed by atoms with van der Waals surface area (Å²) in [7, 11) is -3.47. The zero-order valence-corrected chi connectivity index (χ0v) is 13.5. The first kappa shape index (κ1) is 16.4. The van der Waals surface area contributed by atoms with Gasteiger partial charge in [-0.2, -0.15) is 0 Å². The highest BCUT2D eigenvalue weighted by atomic mass is 32.2. The van der Waals surface area contributed by atoms with Crippen molar-refractivity contribution in [1.29, 1.82) is 0 Å². The molecule has 21 heavy (non-hydrogen) atoms. The fraction of sp³-hybridized carbons (Fsp3) is 0.600. The molecule has 0 atom stereocenters. The minimum Gasteiger partial charge on any atom is -0.380 e. The van der Waals surface area contributed by atoms with E-state index >= 15 is 0 Å². The maximum Gasteiger partial charge on any atom is 0.240 e. The predicted molar refractivity (Wildman–Crippen MR) is 82.7 cm³/mol. The molecule has 1 aliphatic rings. The molecule has 0 unspecified atom stereocenters. The lowest BCUT2D eigenvalue weighted by Crippen LogP contribution is -2.28. The lowest BCUT2D eigenvalue weighted by Gasteiger charge is -2.11. The fourth-order valence-electron chi connectivity index (χ4n) is 2.06. The fourth-order valence-corrected chi connectivity index (χ4v) is 3.37. The second-order valence-corrected chi connectivity index (χ2v) is 7.09. The Hall–Kier alpha value is -0.950. The third-order valence-corrected chi connectivity index (χ3v) is 5.06. The molecule has 0 aliphatic heterocycles. The summed E-state index contributed by atoms with van der Waals surface area (Å²) in [6.07, 6.45) is 2.44. The minimum absolute atomic E-state index is 0.292. The van der Waals surface area contributed by atoms with Gasteiger partial charge in [-0.1, -0.05) is 12.1 Å². The van der Waals surface area contributed by atoms with E-state index in [9.17, 15) is 8.42 Å². The van der Waals surface area contributed by atoms with E-state index in [-0.39, 0.29) is 0 Å². The standard InChI is InChI=1S/C15H24N2O3S/c1-3-20-9-8-17-21(18,19)15-10-13(5-4-12(15)2)11-16-14-6-7-14/h4-5,10,14,16-17H,3,6-9,11H2,1-2H3. The second-order valence-electron chi connectivity index (χ2n) is 5.35. The van der Waals surface area contributed by atoms with Crippen LogP contribution in [0.3, 0.4) is 0 Å². The maximum absolute atomic E-state index is 12.3. The third-order valence-electron chi connectivity index (χ3n) is 3.46. The average Bonchev–Trinajstić information content (AvgIpc) is 3.27. The number of aryl methyl sites for hydroxylation is 1. The van der Waals surface area contributed by atoms with Gasteiger partial charge in [0.15, 0.2) is 0 Å². The normalized spacial score (nSPS) is 15.3. The molecular weight excluding hydrogens is 288 g/mol. The first-order chi connectivity index (χ1) is 10.0. The summed E-state index contributed by atoms with van der Waals surface area (Å²) in [5, 5.41) is 3.40. The van der Waals surface area contributed by atoms with Crippen LogP contribution in [0.4, 0.5) is 0 Å². The van der Waals surface area contributed by atoms with E-state index in [1.807, 2.05) is 26.0 Å². The Morgan fingerprint density at radius 1 is 1.33 bits per heavy atom. The van der Waals surface area contributed by atoms with Gasteiger partial charge in [-0.3, -0.25) is 0 Å². The van der Waals surface area contributed by atoms with Crippen molar-refractivity contribution in [3.8, 4) is 0 Å². The lowest BCUT2D eigenvalue weighted by atomic mass is 10.1. The van der Waals surface area contributed by atoms with Gasteiger partial charge in [0.1, 0.15) is 0 Å². The van der Waals surface area contributed by atoms with Gasteiger partial charge < -0.3 is 10.1 Å². The van der Waals surface area contributed by atoms with Crippen LogP contribution in [0.1, 0.15) is 30.9 Å². The number of nitrogens with one attached hydrogen (secondary N) is 2. The molecule has 0 aromatic heterocycles. The number of sulfonamides is 1. The van der Waals surface area contributed by atoms with Gasteiger partial charge in [-0.25, -0.2) is 13.1 Å². The van der Waals surface area contributed by atoms with Crippen molar-refractivity contribution in [3.05, 3.63) is 29.3 Å². The molecule has 0 saturated heterocycles. The summed E-state index contributed by atoms with van der Waals surface area (Å²) in [5.74, 6) is 0. The van der Waals surface area contributed by atoms with Crippen LogP contribution >= 0.6 is 0 Å². The molecular formula is C15H24N2O3S. The highest BCUT2D eigenvalue weighted by Gasteiger charge is 2.21. The Kier molecular flexibility index (Phi) is 5.75. The molecule has 1 aromatic rings. The molecule has 6 heteroatoms. The Balaban J connectivity index is 2.03. The van der Waals surface area contributed by atoms with E-state index in [1.54, 1.807) is 6.07 Å². The van der Waals surface area contributed by atoms with Crippen LogP contribution in [0.5, 0.6) is 0 Å². The number of rotatable bonds is 9. The van der Waals surface area contributed by atoms with Crippen LogP contribution in [0, 0.1) is 6.92 Å². The largest absolute Gasteiger partial charge is 0.380 e. The first-order valence-electron chi connectivity index (χ1n) is 7.43. The summed E-state index contributed by atoms with van der Waals surface area (Å²) in [4.78, 5) is 0.356. The highest BCUT2D eigenvalue weighted by Crippen LogP contribution is 2.21. The van der Waals surface area contributed by atoms with Crippen LogP contribution < -0.4 is 10.0 Å². The van der Waals surface area contributed by atoms with E-state index in [2.05, 4.69) is 10.0 Å². The second kappa shape index (κ2) is 7.35. The van der Waals surface area contributed by atoms with E-state index in [1.165, 1.54) is 12.8 Å². The van der Waals surface area contributed by atoms with Crippen molar-refractivity contribution in [2.75, 3.05) is 19.8 Å². The number of benzene rings is 1. The molecule has 1 fully saturated rings. The molecule has 1 saturated carbocycles. The molecule has 0 spiro atoms. The molecule has 0 radical (unpaired) electrons. The van der Waals surface area contributed by atoms with E-state index in [0.29, 0.717) is 37.2 Å². The van der Waals surface area contributed by atoms with E-state index in [4.69, 9.17) is 4.74 Å². The van der Waals surface area contributed by atoms with Crippen molar-refractivity contribution < 1.29 is 13.2 Å². The summed E-state index contributed by atoms with van der Waals surface area (Å²) in [6, 6.07) is 6.20. The zero-order chi connectivity index (χ0) is 15.3. The molecule has 5 nitrogen and oxygen atoms in total. The molecule has 0 bridgehead atoms. The van der Waals surface area contributed by atoms with Crippen LogP contribution in [-0.2, 0) is 21.3 Å². The lowest BCUT2D eigenvalue weighted by molar-refractivity contribution is 0.153. The van der Waals surface area contributed by atoms with Crippen LogP contribution in [-0.4, -0.2) is 34.2 Å². The third kappa shape index (κ3) is 5.07. The summed E-state index contributed by atoms with van der Waals surface area (Å²) in [5.41, 5.74) is 1.76. The summed E-state index contributed by atoms with van der Waals surface area (Å²) in [6.45, 7) is 5.68. The van der Waals surface area contributed by atoms with Crippen molar-refractivity contribution in [2.45, 2.75) is 44.2 Å². The van der Waals surface area contributed by atoms with Gasteiger partial charge in [-0.05, 0) is 43.9 Å². The van der Waals surface area contributed by atoms with E-state index < -0.39 is 10.0 Å². The van der Waals surface area contributed by atoms with Gasteiger partial charge in [0.25, 0.3) is 0 Å². The maximum atomic E-state index is 12.3. The minimum atomic E-state index is -3.47. The summed E-state index contributed by atoms with van der Waals surface area (Å²) < 4.78 is 32.4. The van der Waals surface area contributed by atoms with Gasteiger partial charge in [0.05, 0.1) is 11.5 Å². The first-order valence-corrected chi connectivity index (χ1v) is 8.91. The van der Waals surface area contributed by atoms with Crippen molar-refractivity contribution >= 4 is 10.0 Å². The predicted octanol–water partition coefficient (Wildman–Crippen LogP) is 1.56. The monoisotopic (exact) mass is 312 g/mol. The highest BCUT2D eigenvalue weighted by molar-refractivity contribution is 7.89. The van der Waals surface area contributed by atoms with Crippen LogP contribution in [0.15, 0.2) is 23.1 Å². The summed E-state index contributed by atoms with van der Waals surface area (Å²) >= 11 is 0. The molecule has 118 valence electrons. The quantitative estimate of drug-likeness (QED) is 0.679. The molecule has 2 N–H and O–H groups in total. The van der Waals surface area contributed by atoms with Gasteiger partial charge in [-0.15, -0.1) is 0 Å². The smallest absolute Gasteiger partial charge is 0.240 e. The van der Waals surface area contributed by atoms with E-state index in [0.717, 1.165) is 11.1 Å². The van der Waals surface area contributed by atoms with Crippen molar-refractivity contribution in [2.24, 2.45) is 0 Å². The Labute approximate surface area is 127 Å². The number of hydrogen-bond donors (Lipinski definition) is 2.